The second kappa shape index (κ2) is 14.0. The molecule has 0 heterocycles. The van der Waals surface area contributed by atoms with Gasteiger partial charge in [-0.1, -0.05) is 25.5 Å². The van der Waals surface area contributed by atoms with Gasteiger partial charge in [0.25, 0.3) is 5.91 Å². The number of ether oxygens (including phenoxy) is 2. The molecule has 0 aromatic heterocycles. The van der Waals surface area contributed by atoms with Gasteiger partial charge in [0.15, 0.2) is 6.61 Å². The highest BCUT2D eigenvalue weighted by atomic mass is 16.5. The van der Waals surface area contributed by atoms with Crippen LogP contribution in [0.25, 0.3) is 0 Å². The quantitative estimate of drug-likeness (QED) is 0.157. The van der Waals surface area contributed by atoms with Crippen molar-refractivity contribution in [3.8, 4) is 11.5 Å². The van der Waals surface area contributed by atoms with E-state index >= 15 is 0 Å². The first kappa shape index (κ1) is 26.9. The predicted octanol–water partition coefficient (Wildman–Crippen LogP) is 4.28. The van der Waals surface area contributed by atoms with E-state index in [0.29, 0.717) is 35.0 Å². The summed E-state index contributed by atoms with van der Waals surface area (Å²) < 4.78 is 11.1. The van der Waals surface area contributed by atoms with E-state index in [2.05, 4.69) is 28.1 Å². The summed E-state index contributed by atoms with van der Waals surface area (Å²) in [4.78, 5) is 36.2. The maximum absolute atomic E-state index is 12.1. The van der Waals surface area contributed by atoms with Gasteiger partial charge in [-0.25, -0.2) is 5.43 Å². The van der Waals surface area contributed by atoms with Gasteiger partial charge in [-0.05, 0) is 85.1 Å². The molecule has 0 saturated carbocycles. The maximum Gasteiger partial charge on any atom is 0.329 e. The molecule has 9 nitrogen and oxygen atoms in total. The van der Waals surface area contributed by atoms with Crippen molar-refractivity contribution in [2.45, 2.75) is 26.7 Å². The van der Waals surface area contributed by atoms with E-state index in [0.717, 1.165) is 18.4 Å². The highest BCUT2D eigenvalue weighted by Crippen LogP contribution is 2.16. The Balaban J connectivity index is 1.39. The fourth-order valence-electron chi connectivity index (χ4n) is 3.09. The van der Waals surface area contributed by atoms with Gasteiger partial charge >= 0.3 is 11.8 Å². The van der Waals surface area contributed by atoms with Gasteiger partial charge in [0.05, 0.1) is 12.8 Å². The van der Waals surface area contributed by atoms with E-state index in [-0.39, 0.29) is 12.5 Å². The van der Waals surface area contributed by atoms with Crippen molar-refractivity contribution in [1.29, 1.82) is 0 Å². The zero-order valence-electron chi connectivity index (χ0n) is 20.8. The first-order valence-corrected chi connectivity index (χ1v) is 11.9. The van der Waals surface area contributed by atoms with Crippen molar-refractivity contribution in [2.24, 2.45) is 5.10 Å². The van der Waals surface area contributed by atoms with Crippen molar-refractivity contribution >= 4 is 35.3 Å². The molecule has 0 fully saturated rings. The molecule has 0 aliphatic carbocycles. The van der Waals surface area contributed by atoms with Crippen LogP contribution in [0.2, 0.25) is 0 Å². The molecule has 0 saturated heterocycles. The number of benzene rings is 3. The number of hydrogen-bond acceptors (Lipinski definition) is 6. The standard InChI is InChI=1S/C28H30N4O5/c1-3-4-16-36-24-14-10-22(11-15-24)31-27(34)28(35)32-29-18-21-8-12-25(13-9-21)37-19-26(33)30-23-7-5-6-20(2)17-23/h5-15,17-18H,3-4,16,19H2,1-2H3,(H,30,33)(H,31,34)(H,32,35)/b29-18-. The third kappa shape index (κ3) is 9.48. The number of rotatable bonds is 11. The van der Waals surface area contributed by atoms with Crippen molar-refractivity contribution in [3.63, 3.8) is 0 Å². The predicted molar refractivity (Wildman–Crippen MR) is 143 cm³/mol. The smallest absolute Gasteiger partial charge is 0.329 e. The van der Waals surface area contributed by atoms with Crippen LogP contribution in [0.4, 0.5) is 11.4 Å². The summed E-state index contributed by atoms with van der Waals surface area (Å²) >= 11 is 0. The Morgan fingerprint density at radius 1 is 0.838 bits per heavy atom. The Kier molecular flexibility index (Phi) is 10.2. The van der Waals surface area contributed by atoms with E-state index in [1.165, 1.54) is 6.21 Å². The van der Waals surface area contributed by atoms with E-state index in [9.17, 15) is 14.4 Å². The molecular weight excluding hydrogens is 472 g/mol. The normalized spacial score (nSPS) is 10.5. The van der Waals surface area contributed by atoms with Crippen LogP contribution in [0, 0.1) is 6.92 Å². The van der Waals surface area contributed by atoms with Gasteiger partial charge in [0.1, 0.15) is 11.5 Å². The summed E-state index contributed by atoms with van der Waals surface area (Å²) in [7, 11) is 0. The maximum atomic E-state index is 12.1. The SMILES string of the molecule is CCCCOc1ccc(NC(=O)C(=O)N/N=C\c2ccc(OCC(=O)Nc3cccc(C)c3)cc2)cc1. The van der Waals surface area contributed by atoms with E-state index in [4.69, 9.17) is 9.47 Å². The largest absolute Gasteiger partial charge is 0.494 e. The molecular formula is C28H30N4O5. The van der Waals surface area contributed by atoms with Gasteiger partial charge in [-0.3, -0.25) is 14.4 Å². The average molecular weight is 503 g/mol. The van der Waals surface area contributed by atoms with E-state index < -0.39 is 11.8 Å². The Morgan fingerprint density at radius 3 is 2.24 bits per heavy atom. The summed E-state index contributed by atoms with van der Waals surface area (Å²) in [5.74, 6) is -0.818. The van der Waals surface area contributed by atoms with Crippen LogP contribution in [0.3, 0.4) is 0 Å². The molecule has 192 valence electrons. The lowest BCUT2D eigenvalue weighted by Crippen LogP contribution is -2.32. The van der Waals surface area contributed by atoms with Gasteiger partial charge in [0, 0.05) is 11.4 Å². The lowest BCUT2D eigenvalue weighted by molar-refractivity contribution is -0.136. The second-order valence-corrected chi connectivity index (χ2v) is 8.16. The fraction of sp³-hybridized carbons (Fsp3) is 0.214. The molecule has 0 atom stereocenters. The minimum Gasteiger partial charge on any atom is -0.494 e. The molecule has 3 aromatic carbocycles. The molecule has 0 unspecified atom stereocenters. The third-order valence-electron chi connectivity index (χ3n) is 5.02. The molecule has 9 heteroatoms. The number of amides is 3. The summed E-state index contributed by atoms with van der Waals surface area (Å²) in [5, 5.41) is 9.09. The third-order valence-corrected chi connectivity index (χ3v) is 5.02. The van der Waals surface area contributed by atoms with Crippen molar-refractivity contribution in [2.75, 3.05) is 23.8 Å². The first-order chi connectivity index (χ1) is 17.9. The number of carbonyl (C=O) groups excluding carboxylic acids is 3. The first-order valence-electron chi connectivity index (χ1n) is 11.9. The topological polar surface area (TPSA) is 118 Å². The number of aryl methyl sites for hydroxylation is 1. The van der Waals surface area contributed by atoms with Gasteiger partial charge in [0.2, 0.25) is 0 Å². The molecule has 0 aliphatic heterocycles. The lowest BCUT2D eigenvalue weighted by Gasteiger charge is -2.08. The number of hydrogen-bond donors (Lipinski definition) is 3. The Labute approximate surface area is 215 Å². The molecule has 0 aliphatic rings. The Bertz CT molecular complexity index is 1220. The Hall–Kier alpha value is -4.66. The number of carbonyl (C=O) groups is 3. The van der Waals surface area contributed by atoms with Crippen LogP contribution in [0.15, 0.2) is 77.9 Å². The van der Waals surface area contributed by atoms with Gasteiger partial charge < -0.3 is 20.1 Å². The minimum absolute atomic E-state index is 0.138. The molecule has 3 N–H and O–H groups in total. The minimum atomic E-state index is -0.904. The van der Waals surface area contributed by atoms with Crippen molar-refractivity contribution in [3.05, 3.63) is 83.9 Å². The molecule has 37 heavy (non-hydrogen) atoms. The van der Waals surface area contributed by atoms with Crippen LogP contribution in [0.1, 0.15) is 30.9 Å². The average Bonchev–Trinajstić information content (AvgIpc) is 2.89. The van der Waals surface area contributed by atoms with E-state index in [1.54, 1.807) is 48.5 Å². The van der Waals surface area contributed by atoms with Crippen molar-refractivity contribution in [1.82, 2.24) is 5.43 Å². The summed E-state index contributed by atoms with van der Waals surface area (Å²) in [5.41, 5.74) is 5.08. The second-order valence-electron chi connectivity index (χ2n) is 8.16. The zero-order chi connectivity index (χ0) is 26.5. The molecule has 0 bridgehead atoms. The Morgan fingerprint density at radius 2 is 1.54 bits per heavy atom. The molecule has 3 rings (SSSR count). The number of nitrogens with one attached hydrogen (secondary N) is 3. The summed E-state index contributed by atoms with van der Waals surface area (Å²) in [6.45, 7) is 4.52. The van der Waals surface area contributed by atoms with Gasteiger partial charge in [-0.15, -0.1) is 0 Å². The zero-order valence-corrected chi connectivity index (χ0v) is 20.8. The highest BCUT2D eigenvalue weighted by molar-refractivity contribution is 6.39. The van der Waals surface area contributed by atoms with Crippen LogP contribution >= 0.6 is 0 Å². The van der Waals surface area contributed by atoms with Crippen LogP contribution in [-0.4, -0.2) is 37.1 Å². The van der Waals surface area contributed by atoms with Crippen LogP contribution in [-0.2, 0) is 14.4 Å². The van der Waals surface area contributed by atoms with Crippen LogP contribution in [0.5, 0.6) is 11.5 Å². The number of hydrazone groups is 1. The number of unbranched alkanes of at least 4 members (excludes halogenated alkanes) is 1. The van der Waals surface area contributed by atoms with E-state index in [1.807, 2.05) is 31.2 Å². The molecule has 0 spiro atoms. The monoisotopic (exact) mass is 502 g/mol. The molecule has 3 amide bonds. The number of nitrogens with zero attached hydrogens (tertiary/aromatic N) is 1. The molecule has 3 aromatic rings. The summed E-state index contributed by atoms with van der Waals surface area (Å²) in [6.07, 6.45) is 3.40. The lowest BCUT2D eigenvalue weighted by atomic mass is 10.2. The fourth-order valence-corrected chi connectivity index (χ4v) is 3.09. The van der Waals surface area contributed by atoms with Crippen LogP contribution < -0.4 is 25.5 Å². The molecule has 0 radical (unpaired) electrons. The van der Waals surface area contributed by atoms with Gasteiger partial charge in [-0.2, -0.15) is 5.10 Å². The van der Waals surface area contributed by atoms with Crippen molar-refractivity contribution < 1.29 is 23.9 Å². The highest BCUT2D eigenvalue weighted by Gasteiger charge is 2.13. The summed E-state index contributed by atoms with van der Waals surface area (Å²) in [6, 6.07) is 21.0. The number of anilines is 2.